The van der Waals surface area contributed by atoms with Crippen LogP contribution in [0.25, 0.3) is 0 Å². The van der Waals surface area contributed by atoms with Crippen LogP contribution in [0.2, 0.25) is 0 Å². The van der Waals surface area contributed by atoms with E-state index in [2.05, 4.69) is 20.9 Å². The summed E-state index contributed by atoms with van der Waals surface area (Å²) in [4.78, 5) is 14.8. The predicted octanol–water partition coefficient (Wildman–Crippen LogP) is 3.68. The van der Waals surface area contributed by atoms with Crippen LogP contribution >= 0.6 is 15.9 Å². The van der Waals surface area contributed by atoms with Crippen molar-refractivity contribution in [2.75, 3.05) is 0 Å². The number of Topliss-reactive ketones (excluding diaryl/α,β-unsaturated/α-hetero) is 1. The minimum absolute atomic E-state index is 0.263. The highest BCUT2D eigenvalue weighted by atomic mass is 79.9. The lowest BCUT2D eigenvalue weighted by Gasteiger charge is -2.09. The van der Waals surface area contributed by atoms with Gasteiger partial charge in [-0.2, -0.15) is 4.39 Å². The third-order valence-electron chi connectivity index (χ3n) is 2.40. The van der Waals surface area contributed by atoms with Crippen molar-refractivity contribution in [2.45, 2.75) is 4.83 Å². The van der Waals surface area contributed by atoms with Crippen molar-refractivity contribution in [3.63, 3.8) is 0 Å². The van der Waals surface area contributed by atoms with Gasteiger partial charge in [-0.3, -0.25) is 4.79 Å². The highest BCUT2D eigenvalue weighted by Crippen LogP contribution is 2.27. The van der Waals surface area contributed by atoms with Crippen molar-refractivity contribution >= 4 is 21.7 Å². The fraction of sp³-hybridized carbons (Fsp3) is 0.0769. The quantitative estimate of drug-likeness (QED) is 0.492. The van der Waals surface area contributed by atoms with Gasteiger partial charge in [-0.1, -0.05) is 15.9 Å². The van der Waals surface area contributed by atoms with Crippen LogP contribution in [0, 0.1) is 11.8 Å². The summed E-state index contributed by atoms with van der Waals surface area (Å²) in [5, 5.41) is 0. The smallest absolute Gasteiger partial charge is 0.213 e. The zero-order valence-corrected chi connectivity index (χ0v) is 10.7. The van der Waals surface area contributed by atoms with Crippen LogP contribution in [0.1, 0.15) is 20.7 Å². The number of benzene rings is 1. The summed E-state index contributed by atoms with van der Waals surface area (Å²) >= 11 is 3.20. The standard InChI is InChI=1S/C13H8BrF2NO/c14-12(9-5-6-17-11(16)7-9)13(18)8-1-3-10(15)4-2-8/h1-7,12H/t12-/m1/s1. The second kappa shape index (κ2) is 5.35. The Hall–Kier alpha value is -1.62. The zero-order chi connectivity index (χ0) is 13.1. The zero-order valence-electron chi connectivity index (χ0n) is 9.11. The van der Waals surface area contributed by atoms with Crippen molar-refractivity contribution in [3.8, 4) is 0 Å². The minimum atomic E-state index is -0.680. The third kappa shape index (κ3) is 2.79. The van der Waals surface area contributed by atoms with Gasteiger partial charge in [0.15, 0.2) is 5.78 Å². The van der Waals surface area contributed by atoms with E-state index >= 15 is 0 Å². The van der Waals surface area contributed by atoms with Gasteiger partial charge in [0, 0.05) is 11.8 Å². The normalized spacial score (nSPS) is 12.2. The van der Waals surface area contributed by atoms with Gasteiger partial charge >= 0.3 is 0 Å². The Kier molecular flexibility index (Phi) is 3.81. The Morgan fingerprint density at radius 2 is 1.83 bits per heavy atom. The summed E-state index contributed by atoms with van der Waals surface area (Å²) < 4.78 is 25.7. The average Bonchev–Trinajstić information content (AvgIpc) is 2.38. The first-order chi connectivity index (χ1) is 8.58. The molecule has 1 heterocycles. The molecule has 0 fully saturated rings. The summed E-state index contributed by atoms with van der Waals surface area (Å²) in [5.41, 5.74) is 0.826. The molecule has 0 aliphatic carbocycles. The van der Waals surface area contributed by atoms with E-state index in [0.717, 1.165) is 0 Å². The van der Waals surface area contributed by atoms with Crippen molar-refractivity contribution in [3.05, 3.63) is 65.5 Å². The Balaban J connectivity index is 2.26. The van der Waals surface area contributed by atoms with E-state index in [0.29, 0.717) is 11.1 Å². The number of alkyl halides is 1. The molecule has 2 nitrogen and oxygen atoms in total. The van der Waals surface area contributed by atoms with E-state index in [1.165, 1.54) is 36.5 Å². The number of aromatic nitrogens is 1. The molecule has 2 aromatic rings. The van der Waals surface area contributed by atoms with E-state index in [4.69, 9.17) is 0 Å². The first kappa shape index (κ1) is 12.8. The number of carbonyl (C=O) groups is 1. The van der Waals surface area contributed by atoms with E-state index < -0.39 is 16.6 Å². The van der Waals surface area contributed by atoms with Crippen LogP contribution < -0.4 is 0 Å². The number of rotatable bonds is 3. The number of hydrogen-bond donors (Lipinski definition) is 0. The fourth-order valence-corrected chi connectivity index (χ4v) is 2.04. The molecule has 5 heteroatoms. The average molecular weight is 312 g/mol. The molecule has 0 N–H and O–H groups in total. The molecule has 0 amide bonds. The molecule has 1 atom stereocenters. The van der Waals surface area contributed by atoms with Crippen molar-refractivity contribution in [1.29, 1.82) is 0 Å². The molecule has 18 heavy (non-hydrogen) atoms. The number of halogens is 3. The molecule has 0 unspecified atom stereocenters. The summed E-state index contributed by atoms with van der Waals surface area (Å²) in [6.45, 7) is 0. The number of nitrogens with zero attached hydrogens (tertiary/aromatic N) is 1. The molecule has 0 radical (unpaired) electrons. The Bertz CT molecular complexity index is 571. The summed E-state index contributed by atoms with van der Waals surface area (Å²) in [6.07, 6.45) is 1.29. The second-order valence-corrected chi connectivity index (χ2v) is 4.56. The summed E-state index contributed by atoms with van der Waals surface area (Å²) in [5.74, 6) is -1.32. The molecule has 0 spiro atoms. The van der Waals surface area contributed by atoms with Crippen LogP contribution in [0.15, 0.2) is 42.6 Å². The van der Waals surface area contributed by atoms with Gasteiger partial charge in [0.1, 0.15) is 10.6 Å². The molecular weight excluding hydrogens is 304 g/mol. The van der Waals surface area contributed by atoms with Crippen LogP contribution in [0.3, 0.4) is 0 Å². The Labute approximate surface area is 111 Å². The first-order valence-electron chi connectivity index (χ1n) is 5.13. The molecule has 2 rings (SSSR count). The topological polar surface area (TPSA) is 30.0 Å². The number of carbonyl (C=O) groups excluding carboxylic acids is 1. The maximum atomic E-state index is 13.0. The second-order valence-electron chi connectivity index (χ2n) is 3.65. The lowest BCUT2D eigenvalue weighted by Crippen LogP contribution is -2.07. The molecule has 1 aromatic heterocycles. The highest BCUT2D eigenvalue weighted by molar-refractivity contribution is 9.09. The lowest BCUT2D eigenvalue weighted by atomic mass is 10.0. The van der Waals surface area contributed by atoms with Crippen molar-refractivity contribution in [2.24, 2.45) is 0 Å². The van der Waals surface area contributed by atoms with Crippen LogP contribution in [0.4, 0.5) is 8.78 Å². The number of hydrogen-bond acceptors (Lipinski definition) is 2. The third-order valence-corrected chi connectivity index (χ3v) is 3.35. The molecule has 0 saturated carbocycles. The SMILES string of the molecule is O=C(c1ccc(F)cc1)[C@H](Br)c1ccnc(F)c1. The van der Waals surface area contributed by atoms with Gasteiger partial charge < -0.3 is 0 Å². The maximum absolute atomic E-state index is 13.0. The molecule has 0 bridgehead atoms. The molecular formula is C13H8BrF2NO. The molecule has 0 saturated heterocycles. The highest BCUT2D eigenvalue weighted by Gasteiger charge is 2.19. The van der Waals surface area contributed by atoms with Crippen LogP contribution in [-0.2, 0) is 0 Å². The fourth-order valence-electron chi connectivity index (χ4n) is 1.49. The van der Waals surface area contributed by atoms with E-state index in [1.807, 2.05) is 0 Å². The van der Waals surface area contributed by atoms with Crippen molar-refractivity contribution < 1.29 is 13.6 Å². The summed E-state index contributed by atoms with van der Waals surface area (Å²) in [6, 6.07) is 7.93. The Morgan fingerprint density at radius 1 is 1.17 bits per heavy atom. The van der Waals surface area contributed by atoms with E-state index in [9.17, 15) is 13.6 Å². The van der Waals surface area contributed by atoms with Gasteiger partial charge in [0.05, 0.1) is 0 Å². The Morgan fingerprint density at radius 3 is 2.44 bits per heavy atom. The van der Waals surface area contributed by atoms with E-state index in [1.54, 1.807) is 6.07 Å². The largest absolute Gasteiger partial charge is 0.293 e. The van der Waals surface area contributed by atoms with Crippen molar-refractivity contribution in [1.82, 2.24) is 4.98 Å². The molecule has 92 valence electrons. The summed E-state index contributed by atoms with van der Waals surface area (Å²) in [7, 11) is 0. The first-order valence-corrected chi connectivity index (χ1v) is 6.05. The van der Waals surface area contributed by atoms with E-state index in [-0.39, 0.29) is 5.78 Å². The number of ketones is 1. The molecule has 1 aromatic carbocycles. The minimum Gasteiger partial charge on any atom is -0.293 e. The maximum Gasteiger partial charge on any atom is 0.213 e. The lowest BCUT2D eigenvalue weighted by molar-refractivity contribution is 0.0991. The number of pyridine rings is 1. The van der Waals surface area contributed by atoms with Crippen LogP contribution in [0.5, 0.6) is 0 Å². The van der Waals surface area contributed by atoms with Gasteiger partial charge in [-0.25, -0.2) is 9.37 Å². The van der Waals surface area contributed by atoms with Gasteiger partial charge in [-0.05, 0) is 42.0 Å². The predicted molar refractivity (Wildman–Crippen MR) is 66.6 cm³/mol. The van der Waals surface area contributed by atoms with Gasteiger partial charge in [0.25, 0.3) is 0 Å². The molecule has 0 aliphatic rings. The van der Waals surface area contributed by atoms with Gasteiger partial charge in [-0.15, -0.1) is 0 Å². The van der Waals surface area contributed by atoms with Crippen LogP contribution in [-0.4, -0.2) is 10.8 Å². The monoisotopic (exact) mass is 311 g/mol. The van der Waals surface area contributed by atoms with Gasteiger partial charge in [0.2, 0.25) is 5.95 Å². The molecule has 0 aliphatic heterocycles.